The molecule has 2 N–H and O–H groups in total. The minimum absolute atomic E-state index is 0.239. The minimum atomic E-state index is 0.239. The fourth-order valence-corrected chi connectivity index (χ4v) is 2.71. The lowest BCUT2D eigenvalue weighted by molar-refractivity contribution is 0.169. The molecule has 2 nitrogen and oxygen atoms in total. The highest BCUT2D eigenvalue weighted by molar-refractivity contribution is 5.27. The van der Waals surface area contributed by atoms with Gasteiger partial charge in [-0.15, -0.1) is 0 Å². The van der Waals surface area contributed by atoms with Crippen LogP contribution in [0.25, 0.3) is 0 Å². The van der Waals surface area contributed by atoms with Crippen LogP contribution >= 0.6 is 0 Å². The number of aryl methyl sites for hydroxylation is 1. The van der Waals surface area contributed by atoms with Crippen LogP contribution in [0.15, 0.2) is 24.3 Å². The summed E-state index contributed by atoms with van der Waals surface area (Å²) >= 11 is 0. The van der Waals surface area contributed by atoms with E-state index in [1.807, 2.05) is 0 Å². The molecule has 0 amide bonds. The maximum Gasteiger partial charge on any atom is 0.0587 e. The Labute approximate surface area is 110 Å². The summed E-state index contributed by atoms with van der Waals surface area (Å²) in [5, 5.41) is 12.9. The predicted octanol–water partition coefficient (Wildman–Crippen LogP) is 2.85. The molecule has 1 fully saturated rings. The monoisotopic (exact) mass is 247 g/mol. The molecule has 18 heavy (non-hydrogen) atoms. The minimum Gasteiger partial charge on any atom is -0.395 e. The second-order valence-electron chi connectivity index (χ2n) is 5.98. The van der Waals surface area contributed by atoms with Crippen molar-refractivity contribution in [1.29, 1.82) is 0 Å². The van der Waals surface area contributed by atoms with Crippen molar-refractivity contribution in [3.63, 3.8) is 0 Å². The first-order valence-corrected chi connectivity index (χ1v) is 7.03. The highest BCUT2D eigenvalue weighted by Gasteiger charge is 2.31. The third kappa shape index (κ3) is 3.12. The molecule has 0 bridgehead atoms. The van der Waals surface area contributed by atoms with E-state index in [0.29, 0.717) is 17.9 Å². The van der Waals surface area contributed by atoms with E-state index in [1.54, 1.807) is 0 Å². The smallest absolute Gasteiger partial charge is 0.0587 e. The lowest BCUT2D eigenvalue weighted by atomic mass is 9.75. The van der Waals surface area contributed by atoms with Crippen LogP contribution in [-0.4, -0.2) is 23.8 Å². The Bertz CT molecular complexity index is 382. The van der Waals surface area contributed by atoms with Crippen molar-refractivity contribution in [2.45, 2.75) is 51.6 Å². The lowest BCUT2D eigenvalue weighted by Crippen LogP contribution is -2.49. The van der Waals surface area contributed by atoms with Crippen LogP contribution in [0, 0.1) is 12.8 Å². The second-order valence-corrected chi connectivity index (χ2v) is 5.98. The molecule has 1 saturated carbocycles. The van der Waals surface area contributed by atoms with Gasteiger partial charge in [0.15, 0.2) is 0 Å². The van der Waals surface area contributed by atoms with Gasteiger partial charge in [-0.05, 0) is 37.2 Å². The van der Waals surface area contributed by atoms with Crippen LogP contribution in [0.3, 0.4) is 0 Å². The number of benzene rings is 1. The molecule has 2 heteroatoms. The Morgan fingerprint density at radius 3 is 2.61 bits per heavy atom. The van der Waals surface area contributed by atoms with Crippen molar-refractivity contribution in [2.24, 2.45) is 5.92 Å². The summed E-state index contributed by atoms with van der Waals surface area (Å²) in [4.78, 5) is 0. The number of aliphatic hydroxyl groups excluding tert-OH is 1. The zero-order valence-corrected chi connectivity index (χ0v) is 11.7. The maximum absolute atomic E-state index is 9.32. The lowest BCUT2D eigenvalue weighted by Gasteiger charge is -2.39. The average molecular weight is 247 g/mol. The molecular formula is C16H25NO. The average Bonchev–Trinajstić information content (AvgIpc) is 2.27. The van der Waals surface area contributed by atoms with E-state index in [9.17, 15) is 5.11 Å². The molecule has 0 heterocycles. The van der Waals surface area contributed by atoms with Crippen molar-refractivity contribution in [2.75, 3.05) is 6.61 Å². The van der Waals surface area contributed by atoms with Crippen molar-refractivity contribution < 1.29 is 5.11 Å². The Morgan fingerprint density at radius 1 is 1.33 bits per heavy atom. The molecule has 1 atom stereocenters. The van der Waals surface area contributed by atoms with Crippen LogP contribution in [0.5, 0.6) is 0 Å². The fraction of sp³-hybridized carbons (Fsp3) is 0.625. The van der Waals surface area contributed by atoms with Crippen LogP contribution in [-0.2, 0) is 0 Å². The first-order chi connectivity index (χ1) is 8.60. The van der Waals surface area contributed by atoms with Crippen LogP contribution in [0.1, 0.15) is 43.7 Å². The molecule has 1 aliphatic rings. The number of nitrogens with one attached hydrogen (secondary N) is 1. The summed E-state index contributed by atoms with van der Waals surface area (Å²) in [5.41, 5.74) is 2.82. The molecule has 0 saturated heterocycles. The molecule has 0 unspecified atom stereocenters. The van der Waals surface area contributed by atoms with Gasteiger partial charge in [0, 0.05) is 12.1 Å². The Hall–Kier alpha value is -0.860. The van der Waals surface area contributed by atoms with Gasteiger partial charge in [0.2, 0.25) is 0 Å². The number of rotatable bonds is 5. The summed E-state index contributed by atoms with van der Waals surface area (Å²) in [6, 6.07) is 9.66. The van der Waals surface area contributed by atoms with Crippen LogP contribution < -0.4 is 5.32 Å². The topological polar surface area (TPSA) is 32.3 Å². The van der Waals surface area contributed by atoms with Gasteiger partial charge in [-0.2, -0.15) is 0 Å². The van der Waals surface area contributed by atoms with Crippen LogP contribution in [0.4, 0.5) is 0 Å². The van der Waals surface area contributed by atoms with E-state index >= 15 is 0 Å². The molecule has 1 aromatic carbocycles. The maximum atomic E-state index is 9.32. The molecule has 100 valence electrons. The fourth-order valence-electron chi connectivity index (χ4n) is 2.71. The van der Waals surface area contributed by atoms with Crippen molar-refractivity contribution in [3.8, 4) is 0 Å². The Morgan fingerprint density at radius 2 is 2.06 bits per heavy atom. The van der Waals surface area contributed by atoms with E-state index in [0.717, 1.165) is 0 Å². The normalized spacial score (nSPS) is 24.9. The van der Waals surface area contributed by atoms with Gasteiger partial charge >= 0.3 is 0 Å². The molecule has 0 aliphatic heterocycles. The van der Waals surface area contributed by atoms with Gasteiger partial charge in [-0.1, -0.05) is 43.7 Å². The summed E-state index contributed by atoms with van der Waals surface area (Å²) in [7, 11) is 0. The number of hydrogen-bond donors (Lipinski definition) is 2. The number of aliphatic hydroxyl groups is 1. The summed E-state index contributed by atoms with van der Waals surface area (Å²) in [5.74, 6) is 1.20. The van der Waals surface area contributed by atoms with Crippen LogP contribution in [0.2, 0.25) is 0 Å². The van der Waals surface area contributed by atoms with E-state index in [-0.39, 0.29) is 12.6 Å². The van der Waals surface area contributed by atoms with E-state index in [2.05, 4.69) is 50.4 Å². The number of hydrogen-bond acceptors (Lipinski definition) is 2. The first-order valence-electron chi connectivity index (χ1n) is 7.03. The molecule has 1 aromatic rings. The standard InChI is InChI=1S/C16H25NO/c1-11(2)16(10-18)17-15-8-14(9-15)13-6-4-5-12(3)7-13/h4-7,11,14-18H,8-10H2,1-3H3/t14?,15?,16-/m1/s1. The molecule has 1 aliphatic carbocycles. The second kappa shape index (κ2) is 5.85. The largest absolute Gasteiger partial charge is 0.395 e. The molecule has 0 radical (unpaired) electrons. The van der Waals surface area contributed by atoms with Crippen molar-refractivity contribution >= 4 is 0 Å². The summed E-state index contributed by atoms with van der Waals surface area (Å²) < 4.78 is 0. The van der Waals surface area contributed by atoms with E-state index < -0.39 is 0 Å². The molecule has 0 aromatic heterocycles. The highest BCUT2D eigenvalue weighted by atomic mass is 16.3. The third-order valence-corrected chi connectivity index (χ3v) is 4.10. The predicted molar refractivity (Wildman–Crippen MR) is 75.8 cm³/mol. The first kappa shape index (κ1) is 13.6. The quantitative estimate of drug-likeness (QED) is 0.838. The Balaban J connectivity index is 1.83. The van der Waals surface area contributed by atoms with Crippen molar-refractivity contribution in [1.82, 2.24) is 5.32 Å². The molecule has 0 spiro atoms. The zero-order chi connectivity index (χ0) is 13.1. The van der Waals surface area contributed by atoms with Gasteiger partial charge in [-0.3, -0.25) is 0 Å². The van der Waals surface area contributed by atoms with E-state index in [4.69, 9.17) is 0 Å². The van der Waals surface area contributed by atoms with Gasteiger partial charge in [-0.25, -0.2) is 0 Å². The third-order valence-electron chi connectivity index (χ3n) is 4.10. The van der Waals surface area contributed by atoms with Gasteiger partial charge in [0.25, 0.3) is 0 Å². The van der Waals surface area contributed by atoms with Crippen molar-refractivity contribution in [3.05, 3.63) is 35.4 Å². The van der Waals surface area contributed by atoms with Gasteiger partial charge < -0.3 is 10.4 Å². The zero-order valence-electron chi connectivity index (χ0n) is 11.7. The van der Waals surface area contributed by atoms with Gasteiger partial charge in [0.05, 0.1) is 6.61 Å². The summed E-state index contributed by atoms with van der Waals surface area (Å²) in [6.45, 7) is 6.71. The summed E-state index contributed by atoms with van der Waals surface area (Å²) in [6.07, 6.45) is 2.40. The van der Waals surface area contributed by atoms with E-state index in [1.165, 1.54) is 24.0 Å². The Kier molecular flexibility index (Phi) is 4.41. The molecular weight excluding hydrogens is 222 g/mol. The SMILES string of the molecule is Cc1cccc(C2CC(N[C@H](CO)C(C)C)C2)c1. The van der Waals surface area contributed by atoms with Gasteiger partial charge in [0.1, 0.15) is 0 Å². The molecule has 2 rings (SSSR count). The highest BCUT2D eigenvalue weighted by Crippen LogP contribution is 2.37.